The minimum Gasteiger partial charge on any atom is -0.494 e. The molecule has 8 heteroatoms. The van der Waals surface area contributed by atoms with Gasteiger partial charge in [-0.25, -0.2) is 4.98 Å². The lowest BCUT2D eigenvalue weighted by molar-refractivity contribution is 0.0736. The number of amides is 2. The number of rotatable bonds is 7. The smallest absolute Gasteiger partial charge is 0.258 e. The SMILES string of the molecule is CCCCOc1ccc(C(=O)N2CCc3nc(NC(=O)c4ccsc4)sc3C2)cc1. The lowest BCUT2D eigenvalue weighted by atomic mass is 10.1. The number of nitrogens with zero attached hydrogens (tertiary/aromatic N) is 2. The van der Waals surface area contributed by atoms with Crippen molar-refractivity contribution >= 4 is 39.6 Å². The summed E-state index contributed by atoms with van der Waals surface area (Å²) in [7, 11) is 0. The van der Waals surface area contributed by atoms with Gasteiger partial charge in [-0.1, -0.05) is 24.7 Å². The Kier molecular flexibility index (Phi) is 6.44. The van der Waals surface area contributed by atoms with E-state index in [2.05, 4.69) is 17.2 Å². The summed E-state index contributed by atoms with van der Waals surface area (Å²) in [5.74, 6) is 0.629. The van der Waals surface area contributed by atoms with Crippen LogP contribution in [0.2, 0.25) is 0 Å². The van der Waals surface area contributed by atoms with Gasteiger partial charge in [-0.05, 0) is 42.1 Å². The topological polar surface area (TPSA) is 71.5 Å². The molecule has 3 heterocycles. The third-order valence-corrected chi connectivity index (χ3v) is 6.57. The Morgan fingerprint density at radius 2 is 2.03 bits per heavy atom. The molecule has 1 N–H and O–H groups in total. The fourth-order valence-corrected chi connectivity index (χ4v) is 4.85. The summed E-state index contributed by atoms with van der Waals surface area (Å²) in [6.45, 7) is 3.94. The molecule has 0 bridgehead atoms. The van der Waals surface area contributed by atoms with Gasteiger partial charge in [-0.2, -0.15) is 11.3 Å². The standard InChI is InChI=1S/C22H23N3O3S2/c1-2-3-11-28-17-6-4-15(5-7-17)21(27)25-10-8-18-19(13-25)30-22(23-18)24-20(26)16-9-12-29-14-16/h4-7,9,12,14H,2-3,8,10-11,13H2,1H3,(H,23,24,26). The van der Waals surface area contributed by atoms with E-state index in [9.17, 15) is 9.59 Å². The summed E-state index contributed by atoms with van der Waals surface area (Å²) in [5.41, 5.74) is 2.24. The van der Waals surface area contributed by atoms with E-state index in [4.69, 9.17) is 4.74 Å². The first-order chi connectivity index (χ1) is 14.6. The van der Waals surface area contributed by atoms with Gasteiger partial charge in [0.1, 0.15) is 5.75 Å². The zero-order chi connectivity index (χ0) is 20.9. The molecule has 0 atom stereocenters. The fraction of sp³-hybridized carbons (Fsp3) is 0.318. The van der Waals surface area contributed by atoms with Crippen LogP contribution in [0.1, 0.15) is 51.1 Å². The Hall–Kier alpha value is -2.71. The van der Waals surface area contributed by atoms with E-state index >= 15 is 0 Å². The second-order valence-electron chi connectivity index (χ2n) is 7.06. The highest BCUT2D eigenvalue weighted by atomic mass is 32.1. The predicted octanol–water partition coefficient (Wildman–Crippen LogP) is 4.83. The fourth-order valence-electron chi connectivity index (χ4n) is 3.20. The minimum atomic E-state index is -0.156. The second kappa shape index (κ2) is 9.40. The molecule has 1 aliphatic heterocycles. The van der Waals surface area contributed by atoms with E-state index in [0.29, 0.717) is 42.4 Å². The normalized spacial score (nSPS) is 13.0. The highest BCUT2D eigenvalue weighted by Gasteiger charge is 2.25. The Balaban J connectivity index is 1.38. The number of thiophene rings is 1. The Bertz CT molecular complexity index is 1010. The van der Waals surface area contributed by atoms with Crippen molar-refractivity contribution in [2.24, 2.45) is 0 Å². The van der Waals surface area contributed by atoms with Crippen molar-refractivity contribution in [3.63, 3.8) is 0 Å². The van der Waals surface area contributed by atoms with Gasteiger partial charge in [0.25, 0.3) is 11.8 Å². The van der Waals surface area contributed by atoms with Crippen molar-refractivity contribution < 1.29 is 14.3 Å². The molecular formula is C22H23N3O3S2. The number of hydrogen-bond donors (Lipinski definition) is 1. The molecular weight excluding hydrogens is 418 g/mol. The molecule has 3 aromatic rings. The van der Waals surface area contributed by atoms with Gasteiger partial charge in [0.2, 0.25) is 0 Å². The first-order valence-electron chi connectivity index (χ1n) is 9.98. The van der Waals surface area contributed by atoms with Crippen LogP contribution in [0.25, 0.3) is 0 Å². The van der Waals surface area contributed by atoms with Gasteiger partial charge in [0.15, 0.2) is 5.13 Å². The predicted molar refractivity (Wildman–Crippen MR) is 120 cm³/mol. The average molecular weight is 442 g/mol. The quantitative estimate of drug-likeness (QED) is 0.533. The molecule has 2 aromatic heterocycles. The lowest BCUT2D eigenvalue weighted by Crippen LogP contribution is -2.35. The highest BCUT2D eigenvalue weighted by Crippen LogP contribution is 2.29. The molecule has 0 saturated heterocycles. The van der Waals surface area contributed by atoms with Crippen LogP contribution in [0.15, 0.2) is 41.1 Å². The molecule has 0 aliphatic carbocycles. The minimum absolute atomic E-state index is 0.00184. The maximum Gasteiger partial charge on any atom is 0.258 e. The summed E-state index contributed by atoms with van der Waals surface area (Å²) in [6.07, 6.45) is 2.79. The maximum absolute atomic E-state index is 12.9. The van der Waals surface area contributed by atoms with Gasteiger partial charge < -0.3 is 9.64 Å². The van der Waals surface area contributed by atoms with Gasteiger partial charge in [0, 0.05) is 28.8 Å². The number of aromatic nitrogens is 1. The summed E-state index contributed by atoms with van der Waals surface area (Å²) < 4.78 is 5.67. The Labute approximate surface area is 183 Å². The molecule has 0 spiro atoms. The highest BCUT2D eigenvalue weighted by molar-refractivity contribution is 7.16. The van der Waals surface area contributed by atoms with Gasteiger partial charge in [0.05, 0.1) is 24.4 Å². The number of anilines is 1. The van der Waals surface area contributed by atoms with Crippen LogP contribution in [0, 0.1) is 0 Å². The second-order valence-corrected chi connectivity index (χ2v) is 8.92. The summed E-state index contributed by atoms with van der Waals surface area (Å²) in [6, 6.07) is 9.12. The lowest BCUT2D eigenvalue weighted by Gasteiger charge is -2.26. The largest absolute Gasteiger partial charge is 0.494 e. The first kappa shape index (κ1) is 20.6. The van der Waals surface area contributed by atoms with Crippen LogP contribution in [0.3, 0.4) is 0 Å². The number of fused-ring (bicyclic) bond motifs is 1. The van der Waals surface area contributed by atoms with Crippen LogP contribution >= 0.6 is 22.7 Å². The third-order valence-electron chi connectivity index (χ3n) is 4.89. The summed E-state index contributed by atoms with van der Waals surface area (Å²) in [4.78, 5) is 32.6. The number of benzene rings is 1. The number of ether oxygens (including phenoxy) is 1. The Morgan fingerprint density at radius 1 is 1.20 bits per heavy atom. The van der Waals surface area contributed by atoms with Crippen LogP contribution in [0.4, 0.5) is 5.13 Å². The van der Waals surface area contributed by atoms with Crippen LogP contribution in [-0.2, 0) is 13.0 Å². The summed E-state index contributed by atoms with van der Waals surface area (Å²) in [5, 5.41) is 7.12. The van der Waals surface area contributed by atoms with E-state index < -0.39 is 0 Å². The van der Waals surface area contributed by atoms with E-state index in [0.717, 1.165) is 29.2 Å². The molecule has 0 radical (unpaired) electrons. The number of carbonyl (C=O) groups is 2. The molecule has 2 amide bonds. The molecule has 0 fully saturated rings. The van der Waals surface area contributed by atoms with E-state index in [-0.39, 0.29) is 11.8 Å². The summed E-state index contributed by atoms with van der Waals surface area (Å²) >= 11 is 2.92. The molecule has 0 saturated carbocycles. The van der Waals surface area contributed by atoms with Crippen molar-refractivity contribution in [2.75, 3.05) is 18.5 Å². The first-order valence-corrected chi connectivity index (χ1v) is 11.7. The van der Waals surface area contributed by atoms with Crippen molar-refractivity contribution in [2.45, 2.75) is 32.7 Å². The Morgan fingerprint density at radius 3 is 2.77 bits per heavy atom. The van der Waals surface area contributed by atoms with Crippen molar-refractivity contribution in [1.29, 1.82) is 0 Å². The third kappa shape index (κ3) is 4.71. The van der Waals surface area contributed by atoms with E-state index in [1.807, 2.05) is 39.9 Å². The number of nitrogens with one attached hydrogen (secondary N) is 1. The van der Waals surface area contributed by atoms with Crippen molar-refractivity contribution in [3.05, 3.63) is 62.8 Å². The molecule has 30 heavy (non-hydrogen) atoms. The van der Waals surface area contributed by atoms with Crippen LogP contribution in [-0.4, -0.2) is 34.8 Å². The monoisotopic (exact) mass is 441 g/mol. The number of thiazole rings is 1. The van der Waals surface area contributed by atoms with E-state index in [1.165, 1.54) is 22.7 Å². The number of hydrogen-bond acceptors (Lipinski definition) is 6. The van der Waals surface area contributed by atoms with Crippen LogP contribution in [0.5, 0.6) is 5.75 Å². The molecule has 4 rings (SSSR count). The van der Waals surface area contributed by atoms with E-state index in [1.54, 1.807) is 6.07 Å². The molecule has 1 aliphatic rings. The average Bonchev–Trinajstić information content (AvgIpc) is 3.43. The van der Waals surface area contributed by atoms with Gasteiger partial charge in [-0.15, -0.1) is 0 Å². The zero-order valence-corrected chi connectivity index (χ0v) is 18.4. The zero-order valence-electron chi connectivity index (χ0n) is 16.7. The van der Waals surface area contributed by atoms with Crippen molar-refractivity contribution in [1.82, 2.24) is 9.88 Å². The van der Waals surface area contributed by atoms with Crippen molar-refractivity contribution in [3.8, 4) is 5.75 Å². The molecule has 156 valence electrons. The molecule has 0 unspecified atom stereocenters. The van der Waals surface area contributed by atoms with Gasteiger partial charge >= 0.3 is 0 Å². The maximum atomic E-state index is 12.9. The molecule has 6 nitrogen and oxygen atoms in total. The number of unbranched alkanes of at least 4 members (excludes halogenated alkanes) is 1. The van der Waals surface area contributed by atoms with Gasteiger partial charge in [-0.3, -0.25) is 14.9 Å². The molecule has 1 aromatic carbocycles. The number of carbonyl (C=O) groups excluding carboxylic acids is 2. The van der Waals surface area contributed by atoms with Crippen LogP contribution < -0.4 is 10.1 Å².